The van der Waals surface area contributed by atoms with Crippen molar-refractivity contribution in [3.05, 3.63) is 36.5 Å². The average molecular weight is 309 g/mol. The van der Waals surface area contributed by atoms with Gasteiger partial charge >= 0.3 is 0 Å². The first kappa shape index (κ1) is 20.6. The first-order chi connectivity index (χ1) is 10.6. The minimum Gasteiger partial charge on any atom is -0.394 e. The molecular formula is C18H31NO3. The standard InChI is InChI=1S/C18H31NO3/c1-3-4-5-6-7-8-9-10-11-12-13-14-18(22)17(15-20)19-16(2)21/h5-6,9-10,13-14,17-18,20,22H,3-4,7-8,11-12,15H2,1-2H3,(H,19,21)/b6-5+,10-9+,14-13+. The van der Waals surface area contributed by atoms with Crippen LogP contribution < -0.4 is 5.32 Å². The summed E-state index contributed by atoms with van der Waals surface area (Å²) >= 11 is 0. The largest absolute Gasteiger partial charge is 0.394 e. The van der Waals surface area contributed by atoms with Crippen LogP contribution in [-0.2, 0) is 4.79 Å². The Labute approximate surface area is 134 Å². The molecule has 0 rings (SSSR count). The summed E-state index contributed by atoms with van der Waals surface area (Å²) in [6.07, 6.45) is 17.7. The van der Waals surface area contributed by atoms with E-state index in [-0.39, 0.29) is 12.5 Å². The van der Waals surface area contributed by atoms with E-state index in [9.17, 15) is 9.90 Å². The first-order valence-electron chi connectivity index (χ1n) is 8.14. The minimum absolute atomic E-state index is 0.262. The van der Waals surface area contributed by atoms with Gasteiger partial charge in [-0.3, -0.25) is 4.79 Å². The van der Waals surface area contributed by atoms with Crippen molar-refractivity contribution in [2.75, 3.05) is 6.61 Å². The van der Waals surface area contributed by atoms with E-state index in [1.807, 2.05) is 6.08 Å². The molecule has 0 bridgehead atoms. The zero-order chi connectivity index (χ0) is 16.6. The van der Waals surface area contributed by atoms with Gasteiger partial charge in [-0.25, -0.2) is 0 Å². The molecule has 0 aliphatic rings. The highest BCUT2D eigenvalue weighted by atomic mass is 16.3. The predicted molar refractivity (Wildman–Crippen MR) is 91.5 cm³/mol. The number of carbonyl (C=O) groups excluding carboxylic acids is 1. The van der Waals surface area contributed by atoms with Gasteiger partial charge in [0.05, 0.1) is 18.8 Å². The van der Waals surface area contributed by atoms with Gasteiger partial charge in [-0.05, 0) is 32.1 Å². The zero-order valence-electron chi connectivity index (χ0n) is 13.9. The molecule has 0 aliphatic carbocycles. The molecule has 0 saturated heterocycles. The van der Waals surface area contributed by atoms with Gasteiger partial charge in [-0.15, -0.1) is 0 Å². The number of carbonyl (C=O) groups is 1. The van der Waals surface area contributed by atoms with Crippen LogP contribution in [0.15, 0.2) is 36.5 Å². The van der Waals surface area contributed by atoms with Crippen LogP contribution in [0.5, 0.6) is 0 Å². The molecule has 4 nitrogen and oxygen atoms in total. The van der Waals surface area contributed by atoms with E-state index < -0.39 is 12.1 Å². The summed E-state index contributed by atoms with van der Waals surface area (Å²) in [6, 6.07) is -0.640. The molecule has 0 heterocycles. The predicted octanol–water partition coefficient (Wildman–Crippen LogP) is 2.87. The third-order valence-electron chi connectivity index (χ3n) is 3.12. The Bertz CT molecular complexity index is 361. The molecule has 0 saturated carbocycles. The maximum absolute atomic E-state index is 10.9. The van der Waals surface area contributed by atoms with E-state index in [0.29, 0.717) is 0 Å². The van der Waals surface area contributed by atoms with Crippen molar-refractivity contribution in [1.29, 1.82) is 0 Å². The Morgan fingerprint density at radius 2 is 1.50 bits per heavy atom. The van der Waals surface area contributed by atoms with Crippen LogP contribution in [0.1, 0.15) is 52.4 Å². The number of hydrogen-bond acceptors (Lipinski definition) is 3. The number of nitrogens with one attached hydrogen (secondary N) is 1. The molecule has 2 unspecified atom stereocenters. The summed E-state index contributed by atoms with van der Waals surface area (Å²) < 4.78 is 0. The van der Waals surface area contributed by atoms with Crippen molar-refractivity contribution in [1.82, 2.24) is 5.32 Å². The van der Waals surface area contributed by atoms with Crippen molar-refractivity contribution in [3.63, 3.8) is 0 Å². The maximum Gasteiger partial charge on any atom is 0.217 e. The van der Waals surface area contributed by atoms with Crippen LogP contribution in [0, 0.1) is 0 Å². The molecular weight excluding hydrogens is 278 g/mol. The molecule has 0 aliphatic heterocycles. The van der Waals surface area contributed by atoms with Gasteiger partial charge < -0.3 is 15.5 Å². The van der Waals surface area contributed by atoms with Crippen LogP contribution in [0.4, 0.5) is 0 Å². The molecule has 0 aromatic rings. The Kier molecular flexibility index (Phi) is 13.6. The summed E-state index contributed by atoms with van der Waals surface area (Å²) in [6.45, 7) is 3.26. The van der Waals surface area contributed by atoms with Crippen LogP contribution in [0.25, 0.3) is 0 Å². The number of amides is 1. The normalized spacial score (nSPS) is 14.9. The maximum atomic E-state index is 10.9. The summed E-state index contributed by atoms with van der Waals surface area (Å²) in [5, 5.41) is 21.4. The van der Waals surface area contributed by atoms with Gasteiger partial charge in [0.25, 0.3) is 0 Å². The molecule has 2 atom stereocenters. The lowest BCUT2D eigenvalue weighted by molar-refractivity contribution is -0.120. The second kappa shape index (κ2) is 14.5. The Hall–Kier alpha value is -1.39. The quantitative estimate of drug-likeness (QED) is 0.383. The fourth-order valence-corrected chi connectivity index (χ4v) is 1.89. The molecule has 0 aromatic heterocycles. The van der Waals surface area contributed by atoms with E-state index in [1.165, 1.54) is 13.3 Å². The lowest BCUT2D eigenvalue weighted by Crippen LogP contribution is -2.44. The van der Waals surface area contributed by atoms with Crippen molar-refractivity contribution in [2.24, 2.45) is 0 Å². The molecule has 0 radical (unpaired) electrons. The number of aliphatic hydroxyl groups excluding tert-OH is 2. The van der Waals surface area contributed by atoms with Crippen LogP contribution in [0.2, 0.25) is 0 Å². The number of hydrogen-bond donors (Lipinski definition) is 3. The lowest BCUT2D eigenvalue weighted by atomic mass is 10.1. The summed E-state index contributed by atoms with van der Waals surface area (Å²) in [5.41, 5.74) is 0. The van der Waals surface area contributed by atoms with Gasteiger partial charge in [-0.2, -0.15) is 0 Å². The number of allylic oxidation sites excluding steroid dienone is 5. The van der Waals surface area contributed by atoms with Gasteiger partial charge in [-0.1, -0.05) is 49.8 Å². The van der Waals surface area contributed by atoms with Gasteiger partial charge in [0.1, 0.15) is 0 Å². The van der Waals surface area contributed by atoms with Crippen LogP contribution in [-0.4, -0.2) is 34.9 Å². The summed E-state index contributed by atoms with van der Waals surface area (Å²) in [7, 11) is 0. The molecule has 0 aromatic carbocycles. The Morgan fingerprint density at radius 1 is 1.00 bits per heavy atom. The molecule has 3 N–H and O–H groups in total. The number of aliphatic hydroxyl groups is 2. The number of unbranched alkanes of at least 4 members (excludes halogenated alkanes) is 3. The third-order valence-corrected chi connectivity index (χ3v) is 3.12. The fourth-order valence-electron chi connectivity index (χ4n) is 1.89. The minimum atomic E-state index is -0.860. The lowest BCUT2D eigenvalue weighted by Gasteiger charge is -2.18. The topological polar surface area (TPSA) is 69.6 Å². The molecule has 4 heteroatoms. The van der Waals surface area contributed by atoms with E-state index in [2.05, 4.69) is 36.5 Å². The highest BCUT2D eigenvalue weighted by Crippen LogP contribution is 2.01. The average Bonchev–Trinajstić information content (AvgIpc) is 2.49. The van der Waals surface area contributed by atoms with Gasteiger partial charge in [0, 0.05) is 6.92 Å². The van der Waals surface area contributed by atoms with Crippen molar-refractivity contribution in [2.45, 2.75) is 64.5 Å². The second-order valence-corrected chi connectivity index (χ2v) is 5.29. The van der Waals surface area contributed by atoms with E-state index in [4.69, 9.17) is 5.11 Å². The van der Waals surface area contributed by atoms with E-state index in [1.54, 1.807) is 6.08 Å². The second-order valence-electron chi connectivity index (χ2n) is 5.29. The van der Waals surface area contributed by atoms with E-state index in [0.717, 1.165) is 32.1 Å². The molecule has 126 valence electrons. The smallest absolute Gasteiger partial charge is 0.217 e. The monoisotopic (exact) mass is 309 g/mol. The highest BCUT2D eigenvalue weighted by Gasteiger charge is 2.15. The zero-order valence-corrected chi connectivity index (χ0v) is 13.9. The molecule has 22 heavy (non-hydrogen) atoms. The Morgan fingerprint density at radius 3 is 1.95 bits per heavy atom. The number of rotatable bonds is 12. The molecule has 1 amide bonds. The van der Waals surface area contributed by atoms with Crippen molar-refractivity contribution in [3.8, 4) is 0 Å². The molecule has 0 fully saturated rings. The molecule has 0 spiro atoms. The summed E-state index contributed by atoms with van der Waals surface area (Å²) in [5.74, 6) is -0.262. The highest BCUT2D eigenvalue weighted by molar-refractivity contribution is 5.73. The fraction of sp³-hybridized carbons (Fsp3) is 0.611. The summed E-state index contributed by atoms with van der Waals surface area (Å²) in [4.78, 5) is 10.9. The van der Waals surface area contributed by atoms with Gasteiger partial charge in [0.2, 0.25) is 5.91 Å². The van der Waals surface area contributed by atoms with Crippen LogP contribution >= 0.6 is 0 Å². The van der Waals surface area contributed by atoms with Gasteiger partial charge in [0.15, 0.2) is 0 Å². The van der Waals surface area contributed by atoms with Crippen molar-refractivity contribution >= 4 is 5.91 Å². The van der Waals surface area contributed by atoms with E-state index >= 15 is 0 Å². The van der Waals surface area contributed by atoms with Crippen molar-refractivity contribution < 1.29 is 15.0 Å². The Balaban J connectivity index is 3.78. The third kappa shape index (κ3) is 12.4. The van der Waals surface area contributed by atoms with Crippen LogP contribution in [0.3, 0.4) is 0 Å². The first-order valence-corrected chi connectivity index (χ1v) is 8.14. The SMILES string of the molecule is CCC/C=C/CC/C=C/CC/C=C/C(O)C(CO)NC(C)=O.